The molecule has 10 heteroatoms. The summed E-state index contributed by atoms with van der Waals surface area (Å²) in [5.41, 5.74) is 0.600. The van der Waals surface area contributed by atoms with Crippen molar-refractivity contribution in [2.75, 3.05) is 39.3 Å². The third kappa shape index (κ3) is 5.32. The second-order valence-corrected chi connectivity index (χ2v) is 11.1. The number of pyridine rings is 1. The van der Waals surface area contributed by atoms with Crippen molar-refractivity contribution in [1.82, 2.24) is 18.5 Å². The quantitative estimate of drug-likeness (QED) is 0.659. The zero-order valence-electron chi connectivity index (χ0n) is 18.3. The largest absolute Gasteiger partial charge is 0.373 e. The number of hydrogen-bond acceptors (Lipinski definition) is 6. The van der Waals surface area contributed by atoms with E-state index in [1.165, 1.54) is 20.4 Å². The number of piperazine rings is 1. The van der Waals surface area contributed by atoms with Gasteiger partial charge in [-0.2, -0.15) is 17.0 Å². The Morgan fingerprint density at radius 2 is 1.62 bits per heavy atom. The number of ether oxygens (including phenoxy) is 1. The second kappa shape index (κ2) is 9.88. The average molecular weight is 477 g/mol. The first-order valence-corrected chi connectivity index (χ1v) is 12.9. The minimum absolute atomic E-state index is 0.0787. The van der Waals surface area contributed by atoms with Gasteiger partial charge in [0.05, 0.1) is 12.2 Å². The molecule has 2 atom stereocenters. The fraction of sp³-hybridized carbons (Fsp3) is 0.455. The van der Waals surface area contributed by atoms with Crippen molar-refractivity contribution in [3.8, 4) is 0 Å². The number of carbonyl (C=O) groups is 1. The molecule has 32 heavy (non-hydrogen) atoms. The summed E-state index contributed by atoms with van der Waals surface area (Å²) in [5.74, 6) is -0.0787. The molecular formula is C22H28N4O4S2. The minimum Gasteiger partial charge on any atom is -0.373 e. The Morgan fingerprint density at radius 3 is 2.22 bits per heavy atom. The summed E-state index contributed by atoms with van der Waals surface area (Å²) in [6.45, 7) is 5.81. The highest BCUT2D eigenvalue weighted by Gasteiger charge is 2.37. The van der Waals surface area contributed by atoms with Crippen molar-refractivity contribution in [2.24, 2.45) is 0 Å². The number of amides is 1. The number of morpholine rings is 1. The number of aromatic nitrogens is 1. The molecule has 4 rings (SSSR count). The predicted molar refractivity (Wildman–Crippen MR) is 123 cm³/mol. The van der Waals surface area contributed by atoms with E-state index >= 15 is 0 Å². The van der Waals surface area contributed by atoms with Crippen LogP contribution in [0.25, 0.3) is 0 Å². The van der Waals surface area contributed by atoms with Gasteiger partial charge in [0.2, 0.25) is 0 Å². The summed E-state index contributed by atoms with van der Waals surface area (Å²) >= 11 is 1.54. The first kappa shape index (κ1) is 23.2. The number of carbonyl (C=O) groups excluding carboxylic acids is 1. The van der Waals surface area contributed by atoms with Crippen molar-refractivity contribution in [2.45, 2.75) is 36.0 Å². The lowest BCUT2D eigenvalue weighted by atomic mass is 10.2. The van der Waals surface area contributed by atoms with Gasteiger partial charge in [-0.3, -0.25) is 4.79 Å². The molecule has 2 aliphatic rings. The smallest absolute Gasteiger partial charge is 0.282 e. The normalized spacial score (nSPS) is 23.2. The third-order valence-corrected chi connectivity index (χ3v) is 8.45. The summed E-state index contributed by atoms with van der Waals surface area (Å²) in [7, 11) is -3.56. The summed E-state index contributed by atoms with van der Waals surface area (Å²) < 4.78 is 34.7. The van der Waals surface area contributed by atoms with Gasteiger partial charge in [-0.15, -0.1) is 0 Å². The van der Waals surface area contributed by atoms with Gasteiger partial charge in [-0.25, -0.2) is 4.98 Å². The van der Waals surface area contributed by atoms with Crippen molar-refractivity contribution >= 4 is 27.9 Å². The molecule has 0 radical (unpaired) electrons. The lowest BCUT2D eigenvalue weighted by molar-refractivity contribution is -0.0457. The molecule has 0 bridgehead atoms. The molecule has 2 aliphatic heterocycles. The molecule has 0 saturated carbocycles. The maximum Gasteiger partial charge on any atom is 0.282 e. The fourth-order valence-corrected chi connectivity index (χ4v) is 6.50. The number of hydrogen-bond donors (Lipinski definition) is 0. The van der Waals surface area contributed by atoms with Gasteiger partial charge in [-0.05, 0) is 50.2 Å². The van der Waals surface area contributed by atoms with E-state index in [0.29, 0.717) is 44.8 Å². The first-order valence-electron chi connectivity index (χ1n) is 10.7. The second-order valence-electron chi connectivity index (χ2n) is 8.07. The van der Waals surface area contributed by atoms with Crippen LogP contribution in [0.1, 0.15) is 24.2 Å². The van der Waals surface area contributed by atoms with E-state index in [9.17, 15) is 13.2 Å². The van der Waals surface area contributed by atoms with Crippen LogP contribution in [0.5, 0.6) is 0 Å². The lowest BCUT2D eigenvalue weighted by Gasteiger charge is -2.40. The third-order valence-electron chi connectivity index (χ3n) is 5.53. The molecule has 3 heterocycles. The fourth-order valence-electron chi connectivity index (χ4n) is 3.98. The van der Waals surface area contributed by atoms with Gasteiger partial charge in [0, 0.05) is 55.9 Å². The molecule has 0 aliphatic carbocycles. The first-order chi connectivity index (χ1) is 15.3. The van der Waals surface area contributed by atoms with Crippen LogP contribution >= 0.6 is 11.8 Å². The van der Waals surface area contributed by atoms with Gasteiger partial charge in [-0.1, -0.05) is 17.8 Å². The van der Waals surface area contributed by atoms with E-state index in [2.05, 4.69) is 4.98 Å². The van der Waals surface area contributed by atoms with E-state index in [1.807, 2.05) is 56.3 Å². The predicted octanol–water partition coefficient (Wildman–Crippen LogP) is 2.34. The molecule has 2 fully saturated rings. The average Bonchev–Trinajstić information content (AvgIpc) is 2.79. The molecule has 2 saturated heterocycles. The Bertz CT molecular complexity index is 1020. The Hall–Kier alpha value is -1.98. The van der Waals surface area contributed by atoms with Crippen LogP contribution in [0.3, 0.4) is 0 Å². The zero-order chi connectivity index (χ0) is 22.7. The van der Waals surface area contributed by atoms with E-state index < -0.39 is 10.2 Å². The minimum atomic E-state index is -3.56. The van der Waals surface area contributed by atoms with E-state index in [0.717, 1.165) is 9.92 Å². The molecule has 0 spiro atoms. The van der Waals surface area contributed by atoms with Crippen molar-refractivity contribution < 1.29 is 17.9 Å². The molecule has 1 aromatic heterocycles. The molecule has 0 N–H and O–H groups in total. The highest BCUT2D eigenvalue weighted by molar-refractivity contribution is 7.99. The van der Waals surface area contributed by atoms with E-state index in [4.69, 9.17) is 4.74 Å². The summed E-state index contributed by atoms with van der Waals surface area (Å²) in [6, 6.07) is 13.2. The molecule has 1 amide bonds. The molecule has 2 unspecified atom stereocenters. The van der Waals surface area contributed by atoms with Gasteiger partial charge in [0.25, 0.3) is 16.1 Å². The molecular weight excluding hydrogens is 448 g/mol. The maximum absolute atomic E-state index is 13.1. The zero-order valence-corrected chi connectivity index (χ0v) is 19.9. The van der Waals surface area contributed by atoms with Crippen molar-refractivity contribution in [3.63, 3.8) is 0 Å². The monoisotopic (exact) mass is 476 g/mol. The summed E-state index contributed by atoms with van der Waals surface area (Å²) in [6.07, 6.45) is 1.49. The molecule has 2 aromatic rings. The highest BCUT2D eigenvalue weighted by Crippen LogP contribution is 2.26. The molecule has 8 nitrogen and oxygen atoms in total. The Balaban J connectivity index is 1.34. The van der Waals surface area contributed by atoms with Gasteiger partial charge < -0.3 is 9.64 Å². The van der Waals surface area contributed by atoms with Gasteiger partial charge in [0.1, 0.15) is 5.03 Å². The van der Waals surface area contributed by atoms with Crippen LogP contribution in [0.2, 0.25) is 0 Å². The standard InChI is InChI=1S/C22H28N4O4S2/c1-17-15-26(16-18(2)30-17)32(28,29)25-13-11-24(12-14-25)22(27)19-6-8-20(9-7-19)31-21-5-3-4-10-23-21/h3-10,17-18H,11-16H2,1-2H3. The van der Waals surface area contributed by atoms with Crippen LogP contribution in [0.15, 0.2) is 58.6 Å². The summed E-state index contributed by atoms with van der Waals surface area (Å²) in [5, 5.41) is 0.896. The lowest BCUT2D eigenvalue weighted by Crippen LogP contribution is -2.57. The molecule has 1 aromatic carbocycles. The van der Waals surface area contributed by atoms with Crippen molar-refractivity contribution in [3.05, 3.63) is 54.2 Å². The van der Waals surface area contributed by atoms with Crippen LogP contribution < -0.4 is 0 Å². The Morgan fingerprint density at radius 1 is 0.969 bits per heavy atom. The van der Waals surface area contributed by atoms with Crippen LogP contribution in [0.4, 0.5) is 0 Å². The van der Waals surface area contributed by atoms with E-state index in [1.54, 1.807) is 11.1 Å². The highest BCUT2D eigenvalue weighted by atomic mass is 32.2. The number of nitrogens with zero attached hydrogens (tertiary/aromatic N) is 4. The Labute approximate surface area is 193 Å². The Kier molecular flexibility index (Phi) is 7.16. The maximum atomic E-state index is 13.1. The van der Waals surface area contributed by atoms with Crippen molar-refractivity contribution in [1.29, 1.82) is 0 Å². The van der Waals surface area contributed by atoms with Gasteiger partial charge >= 0.3 is 0 Å². The van der Waals surface area contributed by atoms with E-state index in [-0.39, 0.29) is 18.1 Å². The van der Waals surface area contributed by atoms with Gasteiger partial charge in [0.15, 0.2) is 0 Å². The van der Waals surface area contributed by atoms with Crippen LogP contribution in [-0.2, 0) is 14.9 Å². The SMILES string of the molecule is CC1CN(S(=O)(=O)N2CCN(C(=O)c3ccc(Sc4ccccn4)cc3)CC2)CC(C)O1. The number of rotatable bonds is 5. The number of benzene rings is 1. The van der Waals surface area contributed by atoms with Crippen LogP contribution in [0, 0.1) is 0 Å². The summed E-state index contributed by atoms with van der Waals surface area (Å²) in [4.78, 5) is 19.9. The molecule has 172 valence electrons. The van der Waals surface area contributed by atoms with Crippen LogP contribution in [-0.4, -0.2) is 84.3 Å². The topological polar surface area (TPSA) is 83.1 Å².